The number of amides is 3. The molecule has 1 saturated carbocycles. The van der Waals surface area contributed by atoms with E-state index in [4.69, 9.17) is 4.74 Å². The Morgan fingerprint density at radius 2 is 2.04 bits per heavy atom. The number of imide groups is 1. The summed E-state index contributed by atoms with van der Waals surface area (Å²) in [5.41, 5.74) is 0. The second-order valence-electron chi connectivity index (χ2n) is 5.16. The zero-order chi connectivity index (χ0) is 16.4. The average Bonchev–Trinajstić information content (AvgIpc) is 3.20. The molecular weight excluding hydrogens is 323 g/mol. The summed E-state index contributed by atoms with van der Waals surface area (Å²) in [5, 5.41) is 5.25. The number of urea groups is 1. The first-order valence-corrected chi connectivity index (χ1v) is 7.79. The van der Waals surface area contributed by atoms with Crippen LogP contribution in [0.3, 0.4) is 0 Å². The Kier molecular flexibility index (Phi) is 4.24. The number of carbonyl (C=O) groups excluding carboxylic acids is 3. The number of ether oxygens (including phenoxy) is 1. The highest BCUT2D eigenvalue weighted by atomic mass is 32.1. The van der Waals surface area contributed by atoms with E-state index < -0.39 is 30.3 Å². The maximum absolute atomic E-state index is 13.1. The van der Waals surface area contributed by atoms with Crippen molar-refractivity contribution in [1.82, 2.24) is 10.6 Å². The summed E-state index contributed by atoms with van der Waals surface area (Å²) in [6.07, 6.45) is 1.81. The third-order valence-electron chi connectivity index (χ3n) is 3.18. The van der Waals surface area contributed by atoms with Crippen molar-refractivity contribution in [1.29, 1.82) is 0 Å². The molecule has 0 radical (unpaired) electrons. The fraction of sp³-hybridized carbons (Fsp3) is 0.267. The van der Waals surface area contributed by atoms with Gasteiger partial charge in [-0.3, -0.25) is 10.1 Å². The Bertz CT molecular complexity index is 785. The first kappa shape index (κ1) is 15.4. The lowest BCUT2D eigenvalue weighted by Gasteiger charge is -2.05. The van der Waals surface area contributed by atoms with Crippen molar-refractivity contribution in [3.05, 3.63) is 35.0 Å². The molecule has 1 aromatic heterocycles. The van der Waals surface area contributed by atoms with Gasteiger partial charge in [-0.2, -0.15) is 0 Å². The number of hydrogen-bond acceptors (Lipinski definition) is 5. The van der Waals surface area contributed by atoms with Crippen molar-refractivity contribution in [2.45, 2.75) is 18.9 Å². The van der Waals surface area contributed by atoms with Crippen LogP contribution in [0.15, 0.2) is 24.3 Å². The zero-order valence-corrected chi connectivity index (χ0v) is 12.7. The van der Waals surface area contributed by atoms with Crippen LogP contribution in [0.5, 0.6) is 0 Å². The molecule has 3 amide bonds. The second-order valence-corrected chi connectivity index (χ2v) is 6.25. The lowest BCUT2D eigenvalue weighted by molar-refractivity contribution is -0.123. The van der Waals surface area contributed by atoms with Crippen LogP contribution >= 0.6 is 11.3 Å². The molecule has 8 heteroatoms. The van der Waals surface area contributed by atoms with Crippen LogP contribution in [-0.4, -0.2) is 30.6 Å². The molecule has 1 heterocycles. The van der Waals surface area contributed by atoms with E-state index in [0.29, 0.717) is 5.39 Å². The minimum Gasteiger partial charge on any atom is -0.451 e. The van der Waals surface area contributed by atoms with Gasteiger partial charge in [0.05, 0.1) is 0 Å². The van der Waals surface area contributed by atoms with Crippen molar-refractivity contribution < 1.29 is 23.5 Å². The van der Waals surface area contributed by atoms with E-state index in [2.05, 4.69) is 10.6 Å². The quantitative estimate of drug-likeness (QED) is 0.838. The summed E-state index contributed by atoms with van der Waals surface area (Å²) >= 11 is 1.14. The topological polar surface area (TPSA) is 84.5 Å². The van der Waals surface area contributed by atoms with Gasteiger partial charge in [0.25, 0.3) is 5.91 Å². The molecule has 120 valence electrons. The van der Waals surface area contributed by atoms with Gasteiger partial charge >= 0.3 is 12.0 Å². The van der Waals surface area contributed by atoms with Crippen molar-refractivity contribution >= 4 is 39.3 Å². The Hall–Kier alpha value is -2.48. The maximum Gasteiger partial charge on any atom is 0.348 e. The molecule has 3 rings (SSSR count). The zero-order valence-electron chi connectivity index (χ0n) is 11.9. The number of fused-ring (bicyclic) bond motifs is 1. The molecule has 2 N–H and O–H groups in total. The molecule has 6 nitrogen and oxygen atoms in total. The highest BCUT2D eigenvalue weighted by molar-refractivity contribution is 7.20. The van der Waals surface area contributed by atoms with Crippen LogP contribution in [0.1, 0.15) is 22.5 Å². The lowest BCUT2D eigenvalue weighted by Crippen LogP contribution is -2.42. The molecule has 0 atom stereocenters. The van der Waals surface area contributed by atoms with Gasteiger partial charge < -0.3 is 10.1 Å². The number of carbonyl (C=O) groups is 3. The highest BCUT2D eigenvalue weighted by Gasteiger charge is 2.24. The fourth-order valence-electron chi connectivity index (χ4n) is 1.93. The maximum atomic E-state index is 13.1. The molecule has 0 spiro atoms. The minimum atomic E-state index is -0.705. The van der Waals surface area contributed by atoms with Crippen molar-refractivity contribution in [2.24, 2.45) is 0 Å². The SMILES string of the molecule is O=C(COC(=O)c1cc2cc(F)ccc2s1)NC(=O)NC1CC1. The van der Waals surface area contributed by atoms with Crippen molar-refractivity contribution in [2.75, 3.05) is 6.61 Å². The van der Waals surface area contributed by atoms with E-state index in [9.17, 15) is 18.8 Å². The van der Waals surface area contributed by atoms with E-state index in [1.165, 1.54) is 18.2 Å². The van der Waals surface area contributed by atoms with Gasteiger partial charge in [-0.15, -0.1) is 11.3 Å². The van der Waals surface area contributed by atoms with Gasteiger partial charge in [0, 0.05) is 10.7 Å². The molecule has 1 aliphatic rings. The number of hydrogen-bond donors (Lipinski definition) is 2. The third kappa shape index (κ3) is 4.04. The fourth-order valence-corrected chi connectivity index (χ4v) is 2.87. The van der Waals surface area contributed by atoms with Crippen LogP contribution in [0.4, 0.5) is 9.18 Å². The summed E-state index contributed by atoms with van der Waals surface area (Å²) in [4.78, 5) is 35.0. The number of esters is 1. The van der Waals surface area contributed by atoms with Crippen LogP contribution in [-0.2, 0) is 9.53 Å². The van der Waals surface area contributed by atoms with Gasteiger partial charge in [0.15, 0.2) is 6.61 Å². The molecule has 0 saturated heterocycles. The molecule has 0 aliphatic heterocycles. The van der Waals surface area contributed by atoms with E-state index >= 15 is 0 Å². The number of nitrogens with one attached hydrogen (secondary N) is 2. The summed E-state index contributed by atoms with van der Waals surface area (Å²) in [6, 6.07) is 5.23. The minimum absolute atomic E-state index is 0.129. The molecule has 1 aromatic carbocycles. The van der Waals surface area contributed by atoms with Gasteiger partial charge in [-0.05, 0) is 42.5 Å². The van der Waals surface area contributed by atoms with E-state index in [-0.39, 0.29) is 10.9 Å². The van der Waals surface area contributed by atoms with Crippen molar-refractivity contribution in [3.8, 4) is 0 Å². The summed E-state index contributed by atoms with van der Waals surface area (Å²) in [7, 11) is 0. The molecule has 0 bridgehead atoms. The molecule has 1 fully saturated rings. The smallest absolute Gasteiger partial charge is 0.348 e. The van der Waals surface area contributed by atoms with Crippen LogP contribution in [0.2, 0.25) is 0 Å². The number of thiophene rings is 1. The second kappa shape index (κ2) is 6.33. The normalized spacial score (nSPS) is 13.6. The Morgan fingerprint density at radius 1 is 1.26 bits per heavy atom. The number of benzene rings is 1. The average molecular weight is 336 g/mol. The summed E-state index contributed by atoms with van der Waals surface area (Å²) in [6.45, 7) is -0.556. The molecule has 23 heavy (non-hydrogen) atoms. The van der Waals surface area contributed by atoms with Gasteiger partial charge in [-0.25, -0.2) is 14.0 Å². The molecule has 0 unspecified atom stereocenters. The molecule has 2 aromatic rings. The van der Waals surface area contributed by atoms with E-state index in [0.717, 1.165) is 28.9 Å². The highest BCUT2D eigenvalue weighted by Crippen LogP contribution is 2.26. The Labute approximate surface area is 134 Å². The van der Waals surface area contributed by atoms with Gasteiger partial charge in [0.1, 0.15) is 10.7 Å². The van der Waals surface area contributed by atoms with Gasteiger partial charge in [0.2, 0.25) is 0 Å². The monoisotopic (exact) mass is 336 g/mol. The van der Waals surface area contributed by atoms with Crippen LogP contribution in [0, 0.1) is 5.82 Å². The Morgan fingerprint density at radius 3 is 2.78 bits per heavy atom. The molecule has 1 aliphatic carbocycles. The Balaban J connectivity index is 1.53. The first-order valence-electron chi connectivity index (χ1n) is 6.98. The summed E-state index contributed by atoms with van der Waals surface area (Å²) < 4.78 is 18.7. The van der Waals surface area contributed by atoms with E-state index in [1.807, 2.05) is 0 Å². The van der Waals surface area contributed by atoms with Crippen LogP contribution in [0.25, 0.3) is 10.1 Å². The predicted octanol–water partition coefficient (Wildman–Crippen LogP) is 2.19. The van der Waals surface area contributed by atoms with Gasteiger partial charge in [-0.1, -0.05) is 0 Å². The standard InChI is InChI=1S/C15H13FN2O4S/c16-9-1-4-11-8(5-9)6-12(23-11)14(20)22-7-13(19)18-15(21)17-10-2-3-10/h1,4-6,10H,2-3,7H2,(H2,17,18,19,21). The largest absolute Gasteiger partial charge is 0.451 e. The van der Waals surface area contributed by atoms with Crippen molar-refractivity contribution in [3.63, 3.8) is 0 Å². The lowest BCUT2D eigenvalue weighted by atomic mass is 10.2. The third-order valence-corrected chi connectivity index (χ3v) is 4.28. The first-order chi connectivity index (χ1) is 11.0. The predicted molar refractivity (Wildman–Crippen MR) is 81.8 cm³/mol. The van der Waals surface area contributed by atoms with Crippen LogP contribution < -0.4 is 10.6 Å². The number of rotatable bonds is 4. The molecular formula is C15H13FN2O4S. The van der Waals surface area contributed by atoms with E-state index in [1.54, 1.807) is 6.07 Å². The number of halogens is 1. The summed E-state index contributed by atoms with van der Waals surface area (Å²) in [5.74, 6) is -1.79.